The second-order valence-corrected chi connectivity index (χ2v) is 16.2. The van der Waals surface area contributed by atoms with Crippen LogP contribution in [0.15, 0.2) is 224 Å². The van der Waals surface area contributed by atoms with Crippen molar-refractivity contribution in [2.24, 2.45) is 0 Å². The highest BCUT2D eigenvalue weighted by Gasteiger charge is 2.52. The smallest absolute Gasteiger partial charge is 0.164 e. The van der Waals surface area contributed by atoms with Gasteiger partial charge in [-0.15, -0.1) is 0 Å². The summed E-state index contributed by atoms with van der Waals surface area (Å²) in [5.41, 5.74) is 17.1. The minimum absolute atomic E-state index is 0.404. The summed E-state index contributed by atoms with van der Waals surface area (Å²) < 4.78 is 6.86. The zero-order chi connectivity index (χ0) is 41.0. The number of allylic oxidation sites excluding steroid dienone is 3. The minimum Gasteiger partial charge on any atom is -0.457 e. The topological polar surface area (TPSA) is 47.9 Å². The summed E-state index contributed by atoms with van der Waals surface area (Å²) >= 11 is 0. The quantitative estimate of drug-likeness (QED) is 0.168. The van der Waals surface area contributed by atoms with E-state index in [2.05, 4.69) is 200 Å². The average Bonchev–Trinajstić information content (AvgIpc) is 3.65. The van der Waals surface area contributed by atoms with Crippen LogP contribution in [0.25, 0.3) is 73.1 Å². The molecule has 3 aliphatic rings. The van der Waals surface area contributed by atoms with Gasteiger partial charge in [-0.05, 0) is 98.3 Å². The number of rotatable bonds is 6. The molecule has 0 saturated heterocycles. The molecule has 1 spiro atoms. The Morgan fingerprint density at radius 2 is 0.806 bits per heavy atom. The summed E-state index contributed by atoms with van der Waals surface area (Å²) in [5, 5.41) is 0. The van der Waals surface area contributed by atoms with Gasteiger partial charge >= 0.3 is 0 Å². The van der Waals surface area contributed by atoms with Crippen LogP contribution in [0.1, 0.15) is 35.1 Å². The molecule has 0 bridgehead atoms. The van der Waals surface area contributed by atoms with Gasteiger partial charge in [0.1, 0.15) is 11.5 Å². The Hall–Kier alpha value is -7.95. The monoisotopic (exact) mass is 793 g/mol. The number of para-hydroxylation sites is 1. The van der Waals surface area contributed by atoms with Crippen molar-refractivity contribution >= 4 is 5.57 Å². The normalized spacial score (nSPS) is 14.3. The number of benzene rings is 8. The van der Waals surface area contributed by atoms with Crippen LogP contribution in [0, 0.1) is 0 Å². The van der Waals surface area contributed by atoms with Gasteiger partial charge in [-0.25, -0.2) is 15.0 Å². The van der Waals surface area contributed by atoms with E-state index >= 15 is 0 Å². The maximum absolute atomic E-state index is 6.86. The second kappa shape index (κ2) is 14.6. The lowest BCUT2D eigenvalue weighted by molar-refractivity contribution is 0.390. The van der Waals surface area contributed by atoms with Crippen LogP contribution in [0.4, 0.5) is 0 Å². The van der Waals surface area contributed by atoms with Gasteiger partial charge in [-0.1, -0.05) is 188 Å². The summed E-state index contributed by atoms with van der Waals surface area (Å²) in [4.78, 5) is 15.4. The molecule has 0 atom stereocenters. The van der Waals surface area contributed by atoms with Crippen molar-refractivity contribution in [1.29, 1.82) is 0 Å². The molecule has 0 N–H and O–H groups in total. The average molecular weight is 794 g/mol. The van der Waals surface area contributed by atoms with E-state index in [-0.39, 0.29) is 0 Å². The zero-order valence-electron chi connectivity index (χ0n) is 33.9. The first-order valence-corrected chi connectivity index (χ1v) is 21.3. The zero-order valence-corrected chi connectivity index (χ0v) is 33.9. The van der Waals surface area contributed by atoms with Gasteiger partial charge in [-0.3, -0.25) is 0 Å². The molecule has 12 rings (SSSR count). The largest absolute Gasteiger partial charge is 0.457 e. The van der Waals surface area contributed by atoms with Gasteiger partial charge < -0.3 is 4.74 Å². The molecule has 8 aromatic carbocycles. The number of nitrogens with zero attached hydrogens (tertiary/aromatic N) is 3. The van der Waals surface area contributed by atoms with Crippen LogP contribution in [-0.2, 0) is 5.41 Å². The first-order chi connectivity index (χ1) is 30.7. The molecule has 2 heterocycles. The van der Waals surface area contributed by atoms with Crippen molar-refractivity contribution in [3.8, 4) is 73.3 Å². The molecule has 4 heteroatoms. The van der Waals surface area contributed by atoms with E-state index in [1.54, 1.807) is 0 Å². The van der Waals surface area contributed by atoms with Crippen molar-refractivity contribution < 1.29 is 4.74 Å². The highest BCUT2D eigenvalue weighted by atomic mass is 16.5. The predicted molar refractivity (Wildman–Crippen MR) is 250 cm³/mol. The molecule has 1 aliphatic heterocycles. The Kier molecular flexibility index (Phi) is 8.49. The highest BCUT2D eigenvalue weighted by molar-refractivity contribution is 5.88. The fourth-order valence-corrected chi connectivity index (χ4v) is 9.92. The Balaban J connectivity index is 0.946. The van der Waals surface area contributed by atoms with Crippen LogP contribution in [0.5, 0.6) is 5.75 Å². The third kappa shape index (κ3) is 5.87. The third-order valence-corrected chi connectivity index (χ3v) is 12.8. The van der Waals surface area contributed by atoms with E-state index in [1.165, 1.54) is 39.0 Å². The maximum atomic E-state index is 6.86. The maximum Gasteiger partial charge on any atom is 0.164 e. The Bertz CT molecular complexity index is 3110. The van der Waals surface area contributed by atoms with Crippen LogP contribution >= 0.6 is 0 Å². The van der Waals surface area contributed by atoms with E-state index in [4.69, 9.17) is 19.7 Å². The van der Waals surface area contributed by atoms with Gasteiger partial charge in [0.2, 0.25) is 0 Å². The standard InChI is InChI=1S/C58H39N3O/c1-3-15-38(16-4-1)42-19-13-21-45(35-42)56-59-55(60-57(61-56)46-22-14-20-43(36-46)39-17-5-2-6-18-39)41-31-29-40(30-32-41)44-33-34-52-54(37-44)62-53-28-12-11-27-51(53)58(52)49-25-9-7-23-47(49)48-24-8-10-26-50(48)58/h1-32,35-37H,33-34H2. The molecule has 1 aromatic heterocycles. The molecule has 0 unspecified atom stereocenters. The molecule has 0 saturated carbocycles. The lowest BCUT2D eigenvalue weighted by Crippen LogP contribution is -2.35. The number of ether oxygens (including phenoxy) is 1. The van der Waals surface area contributed by atoms with E-state index < -0.39 is 5.41 Å². The van der Waals surface area contributed by atoms with Gasteiger partial charge in [0, 0.05) is 22.3 Å². The van der Waals surface area contributed by atoms with E-state index in [1.807, 2.05) is 12.1 Å². The van der Waals surface area contributed by atoms with Crippen molar-refractivity contribution in [3.05, 3.63) is 246 Å². The lowest BCUT2D eigenvalue weighted by Gasteiger charge is -2.42. The molecular formula is C58H39N3O. The Morgan fingerprint density at radius 3 is 1.39 bits per heavy atom. The van der Waals surface area contributed by atoms with Crippen LogP contribution in [0.3, 0.4) is 0 Å². The molecule has 0 radical (unpaired) electrons. The molecular weight excluding hydrogens is 755 g/mol. The number of hydrogen-bond acceptors (Lipinski definition) is 4. The molecule has 4 nitrogen and oxygen atoms in total. The molecule has 292 valence electrons. The Morgan fingerprint density at radius 1 is 0.355 bits per heavy atom. The molecule has 62 heavy (non-hydrogen) atoms. The first-order valence-electron chi connectivity index (χ1n) is 21.3. The van der Waals surface area contributed by atoms with E-state index in [0.717, 1.165) is 68.9 Å². The SMILES string of the molecule is C1=C(c2ccc(-c3nc(-c4cccc(-c5ccccc5)c4)nc(-c4cccc(-c5ccccc5)c4)n3)cc2)CCC2=C1Oc1ccccc1C21c2ccccc2-c2ccccc21. The lowest BCUT2D eigenvalue weighted by atomic mass is 9.63. The molecule has 0 amide bonds. The van der Waals surface area contributed by atoms with Gasteiger partial charge in [0.05, 0.1) is 5.41 Å². The van der Waals surface area contributed by atoms with Gasteiger partial charge in [0.15, 0.2) is 17.5 Å². The predicted octanol–water partition coefficient (Wildman–Crippen LogP) is 14.0. The van der Waals surface area contributed by atoms with Crippen molar-refractivity contribution in [2.45, 2.75) is 18.3 Å². The van der Waals surface area contributed by atoms with Crippen molar-refractivity contribution in [1.82, 2.24) is 15.0 Å². The van der Waals surface area contributed by atoms with Gasteiger partial charge in [0.25, 0.3) is 0 Å². The summed E-state index contributed by atoms with van der Waals surface area (Å²) in [6.07, 6.45) is 4.06. The van der Waals surface area contributed by atoms with E-state index in [0.29, 0.717) is 17.5 Å². The first kappa shape index (κ1) is 35.9. The molecule has 9 aromatic rings. The van der Waals surface area contributed by atoms with Crippen molar-refractivity contribution in [3.63, 3.8) is 0 Å². The summed E-state index contributed by atoms with van der Waals surface area (Å²) in [7, 11) is 0. The van der Waals surface area contributed by atoms with Crippen LogP contribution < -0.4 is 4.74 Å². The Labute approximate surface area is 361 Å². The summed E-state index contributed by atoms with van der Waals surface area (Å²) in [6.45, 7) is 0. The fourth-order valence-electron chi connectivity index (χ4n) is 9.92. The van der Waals surface area contributed by atoms with E-state index in [9.17, 15) is 0 Å². The number of aromatic nitrogens is 3. The minimum atomic E-state index is -0.404. The van der Waals surface area contributed by atoms with Gasteiger partial charge in [-0.2, -0.15) is 0 Å². The summed E-state index contributed by atoms with van der Waals surface area (Å²) in [5.74, 6) is 3.75. The van der Waals surface area contributed by atoms with Crippen LogP contribution in [0.2, 0.25) is 0 Å². The second-order valence-electron chi connectivity index (χ2n) is 16.2. The fraction of sp³-hybridized carbons (Fsp3) is 0.0517. The van der Waals surface area contributed by atoms with Crippen LogP contribution in [-0.4, -0.2) is 15.0 Å². The molecule has 2 aliphatic carbocycles. The third-order valence-electron chi connectivity index (χ3n) is 12.8. The molecule has 0 fully saturated rings. The number of hydrogen-bond donors (Lipinski definition) is 0. The number of fused-ring (bicyclic) bond motifs is 8. The van der Waals surface area contributed by atoms with Crippen molar-refractivity contribution in [2.75, 3.05) is 0 Å². The summed E-state index contributed by atoms with van der Waals surface area (Å²) in [6, 6.07) is 72.9. The highest BCUT2D eigenvalue weighted by Crippen LogP contribution is 2.62.